The Morgan fingerprint density at radius 3 is 2.81 bits per heavy atom. The van der Waals surface area contributed by atoms with Crippen molar-refractivity contribution in [3.05, 3.63) is 53.6 Å². The number of anilines is 1. The summed E-state index contributed by atoms with van der Waals surface area (Å²) < 4.78 is 15.0. The smallest absolute Gasteiger partial charge is 0.125 e. The van der Waals surface area contributed by atoms with Crippen LogP contribution in [0.25, 0.3) is 0 Å². The van der Waals surface area contributed by atoms with E-state index in [1.807, 2.05) is 37.0 Å². The molecule has 1 heterocycles. The van der Waals surface area contributed by atoms with Gasteiger partial charge in [0.1, 0.15) is 5.82 Å². The topological polar surface area (TPSA) is 17.0 Å². The molecule has 1 N–H and O–H groups in total. The molecule has 0 aliphatic rings. The number of halogens is 1. The van der Waals surface area contributed by atoms with Crippen LogP contribution < -0.4 is 5.32 Å². The molecule has 0 atom stereocenters. The Morgan fingerprint density at radius 1 is 1.31 bits per heavy atom. The molecule has 1 aromatic heterocycles. The van der Waals surface area contributed by atoms with E-state index < -0.39 is 0 Å². The van der Waals surface area contributed by atoms with E-state index in [1.165, 1.54) is 17.7 Å². The molecule has 16 heavy (non-hydrogen) atoms. The molecule has 0 aliphatic carbocycles. The largest absolute Gasteiger partial charge is 0.381 e. The lowest BCUT2D eigenvalue weighted by Crippen LogP contribution is -2.00. The summed E-state index contributed by atoms with van der Waals surface area (Å²) >= 11 is 0. The maximum atomic E-state index is 13.0. The van der Waals surface area contributed by atoms with Crippen LogP contribution in [0, 0.1) is 12.7 Å². The third-order valence-electron chi connectivity index (χ3n) is 2.58. The van der Waals surface area contributed by atoms with Crippen molar-refractivity contribution in [3.63, 3.8) is 0 Å². The van der Waals surface area contributed by atoms with Crippen molar-refractivity contribution < 1.29 is 4.39 Å². The first-order valence-electron chi connectivity index (χ1n) is 5.26. The minimum atomic E-state index is -0.207. The number of hydrogen-bond donors (Lipinski definition) is 1. The highest BCUT2D eigenvalue weighted by molar-refractivity contribution is 5.50. The summed E-state index contributed by atoms with van der Waals surface area (Å²) in [5.41, 5.74) is 3.09. The molecule has 2 rings (SSSR count). The number of hydrogen-bond acceptors (Lipinski definition) is 1. The molecule has 0 unspecified atom stereocenters. The van der Waals surface area contributed by atoms with E-state index in [-0.39, 0.29) is 5.82 Å². The van der Waals surface area contributed by atoms with Gasteiger partial charge in [0.05, 0.1) is 0 Å². The minimum Gasteiger partial charge on any atom is -0.381 e. The molecule has 0 amide bonds. The van der Waals surface area contributed by atoms with Crippen LogP contribution in [0.15, 0.2) is 36.7 Å². The zero-order chi connectivity index (χ0) is 11.5. The van der Waals surface area contributed by atoms with Crippen LogP contribution in [-0.4, -0.2) is 4.57 Å². The SMILES string of the molecule is Cc1ccc(F)cc1NCc1ccn(C)c1. The van der Waals surface area contributed by atoms with Gasteiger partial charge in [0.2, 0.25) is 0 Å². The third-order valence-corrected chi connectivity index (χ3v) is 2.58. The fourth-order valence-electron chi connectivity index (χ4n) is 1.65. The lowest BCUT2D eigenvalue weighted by atomic mass is 10.2. The summed E-state index contributed by atoms with van der Waals surface area (Å²) in [6.45, 7) is 2.68. The Balaban J connectivity index is 2.07. The lowest BCUT2D eigenvalue weighted by molar-refractivity contribution is 0.628. The average molecular weight is 218 g/mol. The van der Waals surface area contributed by atoms with Gasteiger partial charge in [-0.05, 0) is 36.2 Å². The van der Waals surface area contributed by atoms with E-state index in [1.54, 1.807) is 6.07 Å². The fraction of sp³-hybridized carbons (Fsp3) is 0.231. The highest BCUT2D eigenvalue weighted by Gasteiger charge is 2.00. The number of nitrogens with one attached hydrogen (secondary N) is 1. The molecule has 0 saturated heterocycles. The van der Waals surface area contributed by atoms with E-state index in [2.05, 4.69) is 5.32 Å². The van der Waals surface area contributed by atoms with Crippen LogP contribution in [0.5, 0.6) is 0 Å². The number of benzene rings is 1. The Labute approximate surface area is 94.7 Å². The molecule has 2 aromatic rings. The second-order valence-corrected chi connectivity index (χ2v) is 4.00. The molecule has 0 fully saturated rings. The zero-order valence-corrected chi connectivity index (χ0v) is 9.50. The van der Waals surface area contributed by atoms with Gasteiger partial charge in [0.25, 0.3) is 0 Å². The van der Waals surface area contributed by atoms with Gasteiger partial charge in [0, 0.05) is 31.7 Å². The molecule has 0 radical (unpaired) electrons. The first-order valence-corrected chi connectivity index (χ1v) is 5.26. The summed E-state index contributed by atoms with van der Waals surface area (Å²) in [6.07, 6.45) is 4.04. The first kappa shape index (κ1) is 10.7. The summed E-state index contributed by atoms with van der Waals surface area (Å²) in [6, 6.07) is 6.82. The van der Waals surface area contributed by atoms with E-state index >= 15 is 0 Å². The lowest BCUT2D eigenvalue weighted by Gasteiger charge is -2.08. The molecule has 3 heteroatoms. The normalized spacial score (nSPS) is 10.4. The second kappa shape index (κ2) is 4.39. The summed E-state index contributed by atoms with van der Waals surface area (Å²) in [7, 11) is 1.98. The molecule has 2 nitrogen and oxygen atoms in total. The van der Waals surface area contributed by atoms with Gasteiger partial charge in [-0.3, -0.25) is 0 Å². The predicted molar refractivity (Wildman–Crippen MR) is 63.9 cm³/mol. The van der Waals surface area contributed by atoms with Crippen LogP contribution in [0.1, 0.15) is 11.1 Å². The van der Waals surface area contributed by atoms with Crippen molar-refractivity contribution >= 4 is 5.69 Å². The quantitative estimate of drug-likeness (QED) is 0.837. The van der Waals surface area contributed by atoms with Crippen LogP contribution in [-0.2, 0) is 13.6 Å². The summed E-state index contributed by atoms with van der Waals surface area (Å²) in [5.74, 6) is -0.207. The maximum Gasteiger partial charge on any atom is 0.125 e. The van der Waals surface area contributed by atoms with Gasteiger partial charge in [-0.2, -0.15) is 0 Å². The first-order chi connectivity index (χ1) is 7.65. The van der Waals surface area contributed by atoms with Crippen molar-refractivity contribution in [1.82, 2.24) is 4.57 Å². The maximum absolute atomic E-state index is 13.0. The van der Waals surface area contributed by atoms with Crippen LogP contribution >= 0.6 is 0 Å². The Kier molecular flexibility index (Phi) is 2.95. The minimum absolute atomic E-state index is 0.207. The van der Waals surface area contributed by atoms with Gasteiger partial charge >= 0.3 is 0 Å². The highest BCUT2D eigenvalue weighted by Crippen LogP contribution is 2.16. The third kappa shape index (κ3) is 2.42. The van der Waals surface area contributed by atoms with Crippen LogP contribution in [0.4, 0.5) is 10.1 Å². The van der Waals surface area contributed by atoms with E-state index in [9.17, 15) is 4.39 Å². The number of rotatable bonds is 3. The Bertz CT molecular complexity index is 488. The number of aromatic nitrogens is 1. The molecule has 1 aromatic carbocycles. The fourth-order valence-corrected chi connectivity index (χ4v) is 1.65. The van der Waals surface area contributed by atoms with Crippen LogP contribution in [0.2, 0.25) is 0 Å². The number of nitrogens with zero attached hydrogens (tertiary/aromatic N) is 1. The molecule has 0 saturated carbocycles. The van der Waals surface area contributed by atoms with E-state index in [4.69, 9.17) is 0 Å². The second-order valence-electron chi connectivity index (χ2n) is 4.00. The van der Waals surface area contributed by atoms with Gasteiger partial charge in [0.15, 0.2) is 0 Å². The highest BCUT2D eigenvalue weighted by atomic mass is 19.1. The summed E-state index contributed by atoms with van der Waals surface area (Å²) in [5, 5.41) is 3.23. The molecule has 84 valence electrons. The predicted octanol–water partition coefficient (Wildman–Crippen LogP) is 3.08. The van der Waals surface area contributed by atoms with Crippen molar-refractivity contribution in [2.45, 2.75) is 13.5 Å². The van der Waals surface area contributed by atoms with Gasteiger partial charge in [-0.15, -0.1) is 0 Å². The molecular formula is C13H15FN2. The molecule has 0 bridgehead atoms. The summed E-state index contributed by atoms with van der Waals surface area (Å²) in [4.78, 5) is 0. The standard InChI is InChI=1S/C13H15FN2/c1-10-3-4-12(14)7-13(10)15-8-11-5-6-16(2)9-11/h3-7,9,15H,8H2,1-2H3. The molecule has 0 aliphatic heterocycles. The van der Waals surface area contributed by atoms with Crippen molar-refractivity contribution in [1.29, 1.82) is 0 Å². The molecule has 0 spiro atoms. The monoisotopic (exact) mass is 218 g/mol. The van der Waals surface area contributed by atoms with Crippen molar-refractivity contribution in [3.8, 4) is 0 Å². The Morgan fingerprint density at radius 2 is 2.12 bits per heavy atom. The van der Waals surface area contributed by atoms with Gasteiger partial charge < -0.3 is 9.88 Å². The van der Waals surface area contributed by atoms with E-state index in [0.717, 1.165) is 11.3 Å². The van der Waals surface area contributed by atoms with Crippen molar-refractivity contribution in [2.75, 3.05) is 5.32 Å². The van der Waals surface area contributed by atoms with Crippen molar-refractivity contribution in [2.24, 2.45) is 7.05 Å². The van der Waals surface area contributed by atoms with E-state index in [0.29, 0.717) is 6.54 Å². The average Bonchev–Trinajstić information content (AvgIpc) is 2.66. The van der Waals surface area contributed by atoms with Gasteiger partial charge in [-0.1, -0.05) is 6.07 Å². The van der Waals surface area contributed by atoms with Gasteiger partial charge in [-0.25, -0.2) is 4.39 Å². The number of aryl methyl sites for hydroxylation is 2. The van der Waals surface area contributed by atoms with Crippen LogP contribution in [0.3, 0.4) is 0 Å². The molecular weight excluding hydrogens is 203 g/mol. The zero-order valence-electron chi connectivity index (χ0n) is 9.50. The Hall–Kier alpha value is -1.77.